The van der Waals surface area contributed by atoms with Crippen molar-refractivity contribution in [2.24, 2.45) is 0 Å². The molecular formula is C13H20O. The van der Waals surface area contributed by atoms with E-state index in [2.05, 4.69) is 26.0 Å². The van der Waals surface area contributed by atoms with Gasteiger partial charge in [-0.1, -0.05) is 38.3 Å². The van der Waals surface area contributed by atoms with Crippen LogP contribution in [0.4, 0.5) is 0 Å². The lowest BCUT2D eigenvalue weighted by Crippen LogP contribution is -1.97. The summed E-state index contributed by atoms with van der Waals surface area (Å²) >= 11 is 0. The van der Waals surface area contributed by atoms with Crippen LogP contribution in [0.1, 0.15) is 38.2 Å². The number of rotatable bonds is 6. The van der Waals surface area contributed by atoms with Crippen LogP contribution in [0, 0.1) is 6.92 Å². The Hall–Kier alpha value is -0.980. The summed E-state index contributed by atoms with van der Waals surface area (Å²) in [7, 11) is 0. The molecule has 0 aliphatic heterocycles. The van der Waals surface area contributed by atoms with E-state index in [4.69, 9.17) is 4.74 Å². The maximum atomic E-state index is 5.63. The van der Waals surface area contributed by atoms with Gasteiger partial charge in [-0.2, -0.15) is 0 Å². The molecule has 0 amide bonds. The third-order valence-electron chi connectivity index (χ3n) is 2.26. The molecule has 0 bridgehead atoms. The van der Waals surface area contributed by atoms with E-state index in [9.17, 15) is 0 Å². The van der Waals surface area contributed by atoms with E-state index in [0.717, 1.165) is 12.4 Å². The van der Waals surface area contributed by atoms with Gasteiger partial charge in [0.15, 0.2) is 0 Å². The molecule has 1 aromatic rings. The van der Waals surface area contributed by atoms with Crippen LogP contribution in [0.3, 0.4) is 0 Å². The topological polar surface area (TPSA) is 9.23 Å². The SMILES string of the molecule is CCCCCCOc1cccc(C)c1. The monoisotopic (exact) mass is 192 g/mol. The number of ether oxygens (including phenoxy) is 1. The average Bonchev–Trinajstić information content (AvgIpc) is 2.18. The fourth-order valence-electron chi connectivity index (χ4n) is 1.42. The zero-order valence-electron chi connectivity index (χ0n) is 9.25. The first-order valence-corrected chi connectivity index (χ1v) is 5.52. The van der Waals surface area contributed by atoms with Gasteiger partial charge in [-0.25, -0.2) is 0 Å². The van der Waals surface area contributed by atoms with Gasteiger partial charge in [-0.3, -0.25) is 0 Å². The maximum absolute atomic E-state index is 5.63. The number of unbranched alkanes of at least 4 members (excludes halogenated alkanes) is 3. The average molecular weight is 192 g/mol. The lowest BCUT2D eigenvalue weighted by molar-refractivity contribution is 0.305. The Kier molecular flexibility index (Phi) is 5.13. The molecule has 0 aromatic heterocycles. The lowest BCUT2D eigenvalue weighted by atomic mass is 10.2. The van der Waals surface area contributed by atoms with E-state index in [1.54, 1.807) is 0 Å². The molecule has 0 heterocycles. The van der Waals surface area contributed by atoms with Crippen molar-refractivity contribution in [3.8, 4) is 5.75 Å². The van der Waals surface area contributed by atoms with Crippen molar-refractivity contribution in [3.63, 3.8) is 0 Å². The fourth-order valence-corrected chi connectivity index (χ4v) is 1.42. The zero-order valence-corrected chi connectivity index (χ0v) is 9.25. The number of benzene rings is 1. The summed E-state index contributed by atoms with van der Waals surface area (Å²) in [6.07, 6.45) is 5.05. The summed E-state index contributed by atoms with van der Waals surface area (Å²) in [5.41, 5.74) is 1.26. The molecular weight excluding hydrogens is 172 g/mol. The van der Waals surface area contributed by atoms with Crippen LogP contribution in [0.5, 0.6) is 5.75 Å². The van der Waals surface area contributed by atoms with Crippen LogP contribution in [-0.4, -0.2) is 6.61 Å². The van der Waals surface area contributed by atoms with Gasteiger partial charge in [0, 0.05) is 0 Å². The molecule has 0 fully saturated rings. The normalized spacial score (nSPS) is 10.1. The van der Waals surface area contributed by atoms with E-state index in [0.29, 0.717) is 0 Å². The Balaban J connectivity index is 2.18. The van der Waals surface area contributed by atoms with Crippen LogP contribution in [0.15, 0.2) is 24.3 Å². The molecule has 0 saturated heterocycles. The minimum Gasteiger partial charge on any atom is -0.494 e. The second-order valence-electron chi connectivity index (χ2n) is 3.73. The van der Waals surface area contributed by atoms with Crippen molar-refractivity contribution < 1.29 is 4.74 Å². The molecule has 1 aromatic carbocycles. The van der Waals surface area contributed by atoms with Crippen LogP contribution in [0.2, 0.25) is 0 Å². The van der Waals surface area contributed by atoms with E-state index in [1.807, 2.05) is 12.1 Å². The van der Waals surface area contributed by atoms with E-state index < -0.39 is 0 Å². The Morgan fingerprint density at radius 3 is 2.71 bits per heavy atom. The van der Waals surface area contributed by atoms with E-state index >= 15 is 0 Å². The molecule has 0 N–H and O–H groups in total. The minimum absolute atomic E-state index is 0.851. The predicted octanol–water partition coefficient (Wildman–Crippen LogP) is 3.95. The van der Waals surface area contributed by atoms with Gasteiger partial charge in [0.1, 0.15) is 5.75 Å². The molecule has 0 saturated carbocycles. The van der Waals surface area contributed by atoms with Crippen LogP contribution < -0.4 is 4.74 Å². The molecule has 0 spiro atoms. The second-order valence-corrected chi connectivity index (χ2v) is 3.73. The Bertz CT molecular complexity index is 255. The Morgan fingerprint density at radius 1 is 1.14 bits per heavy atom. The molecule has 0 radical (unpaired) electrons. The van der Waals surface area contributed by atoms with Gasteiger partial charge in [0.2, 0.25) is 0 Å². The fraction of sp³-hybridized carbons (Fsp3) is 0.538. The Labute approximate surface area is 87.1 Å². The molecule has 1 rings (SSSR count). The summed E-state index contributed by atoms with van der Waals surface area (Å²) < 4.78 is 5.63. The summed E-state index contributed by atoms with van der Waals surface area (Å²) in [6, 6.07) is 8.23. The van der Waals surface area contributed by atoms with E-state index in [-0.39, 0.29) is 0 Å². The van der Waals surface area contributed by atoms with Crippen molar-refractivity contribution in [1.29, 1.82) is 0 Å². The van der Waals surface area contributed by atoms with Gasteiger partial charge in [-0.05, 0) is 31.0 Å². The van der Waals surface area contributed by atoms with Crippen LogP contribution >= 0.6 is 0 Å². The quantitative estimate of drug-likeness (QED) is 0.620. The third kappa shape index (κ3) is 4.31. The molecule has 14 heavy (non-hydrogen) atoms. The molecule has 1 heteroatoms. The largest absolute Gasteiger partial charge is 0.494 e. The van der Waals surface area contributed by atoms with Gasteiger partial charge >= 0.3 is 0 Å². The van der Waals surface area contributed by atoms with Crippen molar-refractivity contribution >= 4 is 0 Å². The Morgan fingerprint density at radius 2 is 2.00 bits per heavy atom. The predicted molar refractivity (Wildman–Crippen MR) is 60.8 cm³/mol. The summed E-state index contributed by atoms with van der Waals surface area (Å²) in [6.45, 7) is 5.16. The first-order chi connectivity index (χ1) is 6.83. The van der Waals surface area contributed by atoms with Crippen molar-refractivity contribution in [2.45, 2.75) is 39.5 Å². The van der Waals surface area contributed by atoms with Crippen molar-refractivity contribution in [3.05, 3.63) is 29.8 Å². The highest BCUT2D eigenvalue weighted by Crippen LogP contribution is 2.12. The van der Waals surface area contributed by atoms with E-state index in [1.165, 1.54) is 31.2 Å². The molecule has 78 valence electrons. The summed E-state index contributed by atoms with van der Waals surface area (Å²) in [4.78, 5) is 0. The number of hydrogen-bond donors (Lipinski definition) is 0. The highest BCUT2D eigenvalue weighted by Gasteiger charge is 1.93. The zero-order chi connectivity index (χ0) is 10.2. The first-order valence-electron chi connectivity index (χ1n) is 5.52. The highest BCUT2D eigenvalue weighted by molar-refractivity contribution is 5.27. The summed E-state index contributed by atoms with van der Waals surface area (Å²) in [5.74, 6) is 1.00. The van der Waals surface area contributed by atoms with Crippen molar-refractivity contribution in [1.82, 2.24) is 0 Å². The lowest BCUT2D eigenvalue weighted by Gasteiger charge is -2.06. The maximum Gasteiger partial charge on any atom is 0.119 e. The molecule has 0 atom stereocenters. The van der Waals surface area contributed by atoms with Crippen molar-refractivity contribution in [2.75, 3.05) is 6.61 Å². The molecule has 0 aliphatic rings. The minimum atomic E-state index is 0.851. The molecule has 1 nitrogen and oxygen atoms in total. The van der Waals surface area contributed by atoms with Crippen LogP contribution in [0.25, 0.3) is 0 Å². The highest BCUT2D eigenvalue weighted by atomic mass is 16.5. The van der Waals surface area contributed by atoms with Gasteiger partial charge in [0.05, 0.1) is 6.61 Å². The second kappa shape index (κ2) is 6.47. The van der Waals surface area contributed by atoms with Gasteiger partial charge in [0.25, 0.3) is 0 Å². The standard InChI is InChI=1S/C13H20O/c1-3-4-5-6-10-14-13-9-7-8-12(2)11-13/h7-9,11H,3-6,10H2,1-2H3. The summed E-state index contributed by atoms with van der Waals surface area (Å²) in [5, 5.41) is 0. The smallest absolute Gasteiger partial charge is 0.119 e. The first kappa shape index (κ1) is 11.1. The molecule has 0 unspecified atom stereocenters. The number of aryl methyl sites for hydroxylation is 1. The third-order valence-corrected chi connectivity index (χ3v) is 2.26. The van der Waals surface area contributed by atoms with Gasteiger partial charge in [-0.15, -0.1) is 0 Å². The van der Waals surface area contributed by atoms with Crippen LogP contribution in [-0.2, 0) is 0 Å². The molecule has 0 aliphatic carbocycles. The van der Waals surface area contributed by atoms with Gasteiger partial charge < -0.3 is 4.74 Å². The number of hydrogen-bond acceptors (Lipinski definition) is 1.